The maximum Gasteiger partial charge on any atom is 0.244 e. The molecule has 0 spiro atoms. The number of aryl methyl sites for hydroxylation is 1. The van der Waals surface area contributed by atoms with Crippen LogP contribution in [-0.2, 0) is 13.0 Å². The summed E-state index contributed by atoms with van der Waals surface area (Å²) in [5.41, 5.74) is 2.42. The van der Waals surface area contributed by atoms with E-state index in [2.05, 4.69) is 55.1 Å². The molecule has 0 saturated heterocycles. The molecule has 1 aromatic carbocycles. The molecule has 2 aromatic heterocycles. The number of aromatic nitrogens is 4. The average molecular weight is 320 g/mol. The molecule has 3 aromatic rings. The van der Waals surface area contributed by atoms with Crippen LogP contribution in [0.15, 0.2) is 61.1 Å². The van der Waals surface area contributed by atoms with Gasteiger partial charge in [-0.15, -0.1) is 5.10 Å². The number of benzene rings is 1. The molecule has 6 nitrogen and oxygen atoms in total. The van der Waals surface area contributed by atoms with Crippen molar-refractivity contribution >= 4 is 11.8 Å². The first-order valence-electron chi connectivity index (χ1n) is 8.00. The predicted molar refractivity (Wildman–Crippen MR) is 94.6 cm³/mol. The van der Waals surface area contributed by atoms with Crippen molar-refractivity contribution < 1.29 is 0 Å². The molecular weight excluding hydrogens is 300 g/mol. The Kier molecular flexibility index (Phi) is 5.66. The molecule has 0 saturated carbocycles. The highest BCUT2D eigenvalue weighted by Gasteiger charge is 2.01. The maximum atomic E-state index is 4.42. The summed E-state index contributed by atoms with van der Waals surface area (Å²) in [6, 6.07) is 14.4. The van der Waals surface area contributed by atoms with Gasteiger partial charge in [-0.1, -0.05) is 36.4 Å². The number of nitrogens with zero attached hydrogens (tertiary/aromatic N) is 4. The van der Waals surface area contributed by atoms with Crippen LogP contribution in [0.25, 0.3) is 0 Å². The molecule has 6 heteroatoms. The van der Waals surface area contributed by atoms with Crippen molar-refractivity contribution in [3.05, 3.63) is 72.2 Å². The third kappa shape index (κ3) is 5.01. The van der Waals surface area contributed by atoms with Crippen LogP contribution in [0.5, 0.6) is 0 Å². The van der Waals surface area contributed by atoms with Crippen LogP contribution >= 0.6 is 0 Å². The summed E-state index contributed by atoms with van der Waals surface area (Å²) in [6.07, 6.45) is 7.27. The highest BCUT2D eigenvalue weighted by molar-refractivity contribution is 5.37. The predicted octanol–water partition coefficient (Wildman–Crippen LogP) is 2.92. The van der Waals surface area contributed by atoms with Crippen molar-refractivity contribution in [1.82, 2.24) is 20.2 Å². The quantitative estimate of drug-likeness (QED) is 0.622. The van der Waals surface area contributed by atoms with Crippen LogP contribution in [-0.4, -0.2) is 26.7 Å². The topological polar surface area (TPSA) is 75.6 Å². The zero-order chi connectivity index (χ0) is 16.5. The molecule has 0 aliphatic heterocycles. The van der Waals surface area contributed by atoms with Crippen LogP contribution in [0.4, 0.5) is 11.8 Å². The van der Waals surface area contributed by atoms with Crippen LogP contribution in [0, 0.1) is 0 Å². The molecule has 0 radical (unpaired) electrons. The second-order valence-electron chi connectivity index (χ2n) is 5.40. The summed E-state index contributed by atoms with van der Waals surface area (Å²) in [7, 11) is 0. The smallest absolute Gasteiger partial charge is 0.244 e. The van der Waals surface area contributed by atoms with Gasteiger partial charge < -0.3 is 10.6 Å². The Labute approximate surface area is 141 Å². The summed E-state index contributed by atoms with van der Waals surface area (Å²) in [5.74, 6) is 1.23. The summed E-state index contributed by atoms with van der Waals surface area (Å²) in [5, 5.41) is 14.4. The summed E-state index contributed by atoms with van der Waals surface area (Å²) < 4.78 is 0. The van der Waals surface area contributed by atoms with E-state index in [4.69, 9.17) is 0 Å². The molecule has 0 aliphatic carbocycles. The maximum absolute atomic E-state index is 4.42. The minimum Gasteiger partial charge on any atom is -0.369 e. The molecule has 24 heavy (non-hydrogen) atoms. The molecular formula is C18H20N6. The van der Waals surface area contributed by atoms with Crippen LogP contribution < -0.4 is 10.6 Å². The van der Waals surface area contributed by atoms with Crippen molar-refractivity contribution in [2.75, 3.05) is 17.2 Å². The Morgan fingerprint density at radius 2 is 1.75 bits per heavy atom. The van der Waals surface area contributed by atoms with E-state index in [0.29, 0.717) is 12.5 Å². The van der Waals surface area contributed by atoms with Crippen LogP contribution in [0.3, 0.4) is 0 Å². The van der Waals surface area contributed by atoms with E-state index in [1.807, 2.05) is 24.4 Å². The molecule has 0 bridgehead atoms. The van der Waals surface area contributed by atoms with Crippen LogP contribution in [0.2, 0.25) is 0 Å². The van der Waals surface area contributed by atoms with Crippen molar-refractivity contribution in [2.45, 2.75) is 19.4 Å². The molecule has 0 atom stereocenters. The Morgan fingerprint density at radius 3 is 2.58 bits per heavy atom. The molecule has 122 valence electrons. The number of pyridine rings is 1. The van der Waals surface area contributed by atoms with E-state index in [0.717, 1.165) is 30.8 Å². The van der Waals surface area contributed by atoms with Gasteiger partial charge in [-0.3, -0.25) is 4.98 Å². The lowest BCUT2D eigenvalue weighted by Gasteiger charge is -2.07. The third-order valence-corrected chi connectivity index (χ3v) is 3.52. The van der Waals surface area contributed by atoms with Crippen molar-refractivity contribution in [3.8, 4) is 0 Å². The largest absolute Gasteiger partial charge is 0.369 e. The molecule has 2 heterocycles. The highest BCUT2D eigenvalue weighted by atomic mass is 15.3. The fourth-order valence-electron chi connectivity index (χ4n) is 2.30. The van der Waals surface area contributed by atoms with Crippen molar-refractivity contribution in [1.29, 1.82) is 0 Å². The Morgan fingerprint density at radius 1 is 0.875 bits per heavy atom. The summed E-state index contributed by atoms with van der Waals surface area (Å²) in [4.78, 5) is 8.50. The highest BCUT2D eigenvalue weighted by Crippen LogP contribution is 2.07. The molecule has 2 N–H and O–H groups in total. The first-order valence-corrected chi connectivity index (χ1v) is 8.00. The average Bonchev–Trinajstić information content (AvgIpc) is 2.66. The van der Waals surface area contributed by atoms with Gasteiger partial charge in [0.15, 0.2) is 0 Å². The van der Waals surface area contributed by atoms with E-state index in [1.54, 1.807) is 12.4 Å². The van der Waals surface area contributed by atoms with E-state index in [1.165, 1.54) is 5.56 Å². The first-order chi connectivity index (χ1) is 11.9. The Bertz CT molecular complexity index is 733. The Hall–Kier alpha value is -3.02. The minimum atomic E-state index is 0.506. The molecule has 0 fully saturated rings. The number of rotatable bonds is 8. The van der Waals surface area contributed by atoms with Gasteiger partial charge in [-0.2, -0.15) is 10.1 Å². The van der Waals surface area contributed by atoms with Gasteiger partial charge in [0.2, 0.25) is 5.95 Å². The normalized spacial score (nSPS) is 10.3. The van der Waals surface area contributed by atoms with Crippen molar-refractivity contribution in [2.24, 2.45) is 0 Å². The second kappa shape index (κ2) is 8.57. The lowest BCUT2D eigenvalue weighted by molar-refractivity contribution is 0.851. The first kappa shape index (κ1) is 15.9. The van der Waals surface area contributed by atoms with Gasteiger partial charge in [0.05, 0.1) is 6.20 Å². The zero-order valence-electron chi connectivity index (χ0n) is 13.4. The lowest BCUT2D eigenvalue weighted by atomic mass is 10.1. The number of hydrogen-bond donors (Lipinski definition) is 2. The molecule has 0 aliphatic rings. The van der Waals surface area contributed by atoms with Gasteiger partial charge in [0.25, 0.3) is 0 Å². The summed E-state index contributed by atoms with van der Waals surface area (Å²) >= 11 is 0. The molecule has 0 amide bonds. The third-order valence-electron chi connectivity index (χ3n) is 3.52. The number of anilines is 2. The fourth-order valence-corrected chi connectivity index (χ4v) is 2.30. The van der Waals surface area contributed by atoms with Gasteiger partial charge in [-0.05, 0) is 30.0 Å². The fraction of sp³-hybridized carbons (Fsp3) is 0.222. The number of hydrogen-bond acceptors (Lipinski definition) is 6. The van der Waals surface area contributed by atoms with Gasteiger partial charge in [0, 0.05) is 25.5 Å². The van der Waals surface area contributed by atoms with E-state index in [9.17, 15) is 0 Å². The van der Waals surface area contributed by atoms with E-state index in [-0.39, 0.29) is 0 Å². The second-order valence-corrected chi connectivity index (χ2v) is 5.40. The SMILES string of the molecule is c1ccc(CCCNc2cnnc(NCc3cccnc3)n2)cc1. The zero-order valence-corrected chi connectivity index (χ0v) is 13.4. The molecule has 0 unspecified atom stereocenters. The minimum absolute atomic E-state index is 0.506. The van der Waals surface area contributed by atoms with Gasteiger partial charge in [0.1, 0.15) is 5.82 Å². The summed E-state index contributed by atoms with van der Waals surface area (Å²) in [6.45, 7) is 1.46. The van der Waals surface area contributed by atoms with Gasteiger partial charge in [-0.25, -0.2) is 0 Å². The van der Waals surface area contributed by atoms with E-state index >= 15 is 0 Å². The number of nitrogens with one attached hydrogen (secondary N) is 2. The van der Waals surface area contributed by atoms with Gasteiger partial charge >= 0.3 is 0 Å². The van der Waals surface area contributed by atoms with Crippen molar-refractivity contribution in [3.63, 3.8) is 0 Å². The lowest BCUT2D eigenvalue weighted by Crippen LogP contribution is -2.09. The monoisotopic (exact) mass is 320 g/mol. The van der Waals surface area contributed by atoms with Crippen LogP contribution in [0.1, 0.15) is 17.5 Å². The Balaban J connectivity index is 1.45. The standard InChI is InChI=1S/C18H20N6/c1-2-6-15(7-3-1)8-5-11-20-17-14-22-24-18(23-17)21-13-16-9-4-10-19-12-16/h1-4,6-7,9-10,12,14H,5,8,11,13H2,(H2,20,21,23,24). The molecule has 3 rings (SSSR count). The van der Waals surface area contributed by atoms with E-state index < -0.39 is 0 Å².